The predicted molar refractivity (Wildman–Crippen MR) is 47.1 cm³/mol. The van der Waals surface area contributed by atoms with Crippen LogP contribution >= 0.6 is 0 Å². The average molecular weight is 164 g/mol. The molecule has 0 saturated heterocycles. The molecule has 0 bridgehead atoms. The molecule has 3 heteroatoms. The minimum Gasteiger partial charge on any atom is -0.267 e. The molecule has 1 aromatic heterocycles. The van der Waals surface area contributed by atoms with E-state index < -0.39 is 0 Å². The van der Waals surface area contributed by atoms with E-state index in [4.69, 9.17) is 0 Å². The number of carbonyl (C=O) groups is 1. The van der Waals surface area contributed by atoms with E-state index in [-0.39, 0.29) is 5.91 Å². The van der Waals surface area contributed by atoms with Crippen molar-refractivity contribution in [2.45, 2.75) is 19.8 Å². The lowest BCUT2D eigenvalue weighted by Gasteiger charge is -1.97. The molecule has 0 amide bonds. The number of aromatic nitrogens is 2. The van der Waals surface area contributed by atoms with Gasteiger partial charge in [0.05, 0.1) is 5.69 Å². The molecule has 0 aromatic carbocycles. The molecule has 64 valence electrons. The molecule has 0 aliphatic heterocycles. The number of hydrogen-bond donors (Lipinski definition) is 0. The second-order valence-corrected chi connectivity index (χ2v) is 2.88. The van der Waals surface area contributed by atoms with Crippen LogP contribution in [0.25, 0.3) is 0 Å². The maximum Gasteiger partial charge on any atom is 0.270 e. The second kappa shape index (κ2) is 3.34. The molecule has 0 unspecified atom stereocenters. The van der Waals surface area contributed by atoms with Crippen LogP contribution in [0.3, 0.4) is 0 Å². The van der Waals surface area contributed by atoms with Gasteiger partial charge in [-0.05, 0) is 18.1 Å². The van der Waals surface area contributed by atoms with Crippen molar-refractivity contribution < 1.29 is 4.79 Å². The topological polar surface area (TPSA) is 34.9 Å². The summed E-state index contributed by atoms with van der Waals surface area (Å²) in [6.07, 6.45) is 2.90. The van der Waals surface area contributed by atoms with E-state index in [1.165, 1.54) is 10.8 Å². The largest absolute Gasteiger partial charge is 0.270 e. The Morgan fingerprint density at radius 1 is 1.75 bits per heavy atom. The van der Waals surface area contributed by atoms with Gasteiger partial charge in [-0.2, -0.15) is 5.10 Å². The number of allylic oxidation sites excluding steroid dienone is 1. The van der Waals surface area contributed by atoms with Crippen LogP contribution in [0.15, 0.2) is 24.9 Å². The van der Waals surface area contributed by atoms with Crippen molar-refractivity contribution in [3.63, 3.8) is 0 Å². The smallest absolute Gasteiger partial charge is 0.267 e. The molecule has 12 heavy (non-hydrogen) atoms. The van der Waals surface area contributed by atoms with Gasteiger partial charge in [-0.15, -0.1) is 0 Å². The minimum atomic E-state index is -0.193. The Kier molecular flexibility index (Phi) is 2.43. The van der Waals surface area contributed by atoms with Gasteiger partial charge in [0.1, 0.15) is 0 Å². The monoisotopic (exact) mass is 164 g/mol. The molecule has 1 rings (SSSR count). The van der Waals surface area contributed by atoms with Gasteiger partial charge in [-0.25, -0.2) is 4.68 Å². The summed E-state index contributed by atoms with van der Waals surface area (Å²) in [6, 6.07) is 1.84. The summed E-state index contributed by atoms with van der Waals surface area (Å²) < 4.78 is 1.29. The first kappa shape index (κ1) is 8.71. The fraction of sp³-hybridized carbons (Fsp3) is 0.333. The van der Waals surface area contributed by atoms with Gasteiger partial charge < -0.3 is 0 Å². The fourth-order valence-corrected chi connectivity index (χ4v) is 0.862. The van der Waals surface area contributed by atoms with Crippen molar-refractivity contribution in [3.8, 4) is 0 Å². The Labute approximate surface area is 71.7 Å². The Morgan fingerprint density at radius 3 is 2.83 bits per heavy atom. The lowest BCUT2D eigenvalue weighted by Crippen LogP contribution is -2.07. The van der Waals surface area contributed by atoms with Crippen molar-refractivity contribution in [2.75, 3.05) is 0 Å². The molecule has 0 spiro atoms. The van der Waals surface area contributed by atoms with Crippen molar-refractivity contribution in [3.05, 3.63) is 30.6 Å². The molecular formula is C9H12N2O. The Hall–Kier alpha value is -1.38. The fourth-order valence-electron chi connectivity index (χ4n) is 0.862. The number of carbonyl (C=O) groups excluding carboxylic acids is 1. The molecule has 1 heterocycles. The molecule has 0 fully saturated rings. The molecule has 0 saturated carbocycles. The first-order chi connectivity index (χ1) is 5.65. The molecule has 0 atom stereocenters. The SMILES string of the molecule is C=CC(=O)n1ccc(C(C)C)n1. The molecule has 0 N–H and O–H groups in total. The Balaban J connectivity index is 2.91. The zero-order chi connectivity index (χ0) is 9.14. The van der Waals surface area contributed by atoms with Crippen molar-refractivity contribution >= 4 is 5.91 Å². The number of hydrogen-bond acceptors (Lipinski definition) is 2. The number of rotatable bonds is 2. The van der Waals surface area contributed by atoms with Crippen LogP contribution in [0.4, 0.5) is 0 Å². The zero-order valence-electron chi connectivity index (χ0n) is 7.32. The molecule has 0 radical (unpaired) electrons. The summed E-state index contributed by atoms with van der Waals surface area (Å²) in [7, 11) is 0. The summed E-state index contributed by atoms with van der Waals surface area (Å²) in [6.45, 7) is 7.45. The van der Waals surface area contributed by atoms with E-state index >= 15 is 0 Å². The molecular weight excluding hydrogens is 152 g/mol. The highest BCUT2D eigenvalue weighted by atomic mass is 16.2. The normalized spacial score (nSPS) is 10.2. The van der Waals surface area contributed by atoms with Crippen molar-refractivity contribution in [1.82, 2.24) is 9.78 Å². The standard InChI is InChI=1S/C9H12N2O/c1-4-9(12)11-6-5-8(10-11)7(2)3/h4-7H,1H2,2-3H3. The van der Waals surface area contributed by atoms with E-state index in [9.17, 15) is 4.79 Å². The first-order valence-electron chi connectivity index (χ1n) is 3.87. The lowest BCUT2D eigenvalue weighted by atomic mass is 10.1. The van der Waals surface area contributed by atoms with Crippen LogP contribution in [-0.4, -0.2) is 15.7 Å². The van der Waals surface area contributed by atoms with Gasteiger partial charge >= 0.3 is 0 Å². The predicted octanol–water partition coefficient (Wildman–Crippen LogP) is 1.83. The van der Waals surface area contributed by atoms with E-state index in [2.05, 4.69) is 11.7 Å². The average Bonchev–Trinajstić information content (AvgIpc) is 2.51. The highest BCUT2D eigenvalue weighted by molar-refractivity contribution is 5.88. The van der Waals surface area contributed by atoms with Crippen LogP contribution in [0, 0.1) is 0 Å². The third kappa shape index (κ3) is 1.61. The van der Waals surface area contributed by atoms with E-state index in [0.717, 1.165) is 5.69 Å². The van der Waals surface area contributed by atoms with Crippen LogP contribution in [0.2, 0.25) is 0 Å². The van der Waals surface area contributed by atoms with E-state index in [0.29, 0.717) is 5.92 Å². The van der Waals surface area contributed by atoms with Gasteiger partial charge in [0, 0.05) is 6.20 Å². The van der Waals surface area contributed by atoms with Gasteiger partial charge in [-0.1, -0.05) is 20.4 Å². The zero-order valence-corrected chi connectivity index (χ0v) is 7.32. The molecule has 3 nitrogen and oxygen atoms in total. The minimum absolute atomic E-state index is 0.193. The van der Waals surface area contributed by atoms with Crippen LogP contribution in [0.1, 0.15) is 30.3 Å². The van der Waals surface area contributed by atoms with E-state index in [1.807, 2.05) is 19.9 Å². The third-order valence-corrected chi connectivity index (χ3v) is 1.60. The lowest BCUT2D eigenvalue weighted by molar-refractivity contribution is 0.0954. The molecule has 1 aromatic rings. The highest BCUT2D eigenvalue weighted by Gasteiger charge is 2.05. The van der Waals surface area contributed by atoms with Crippen LogP contribution in [-0.2, 0) is 0 Å². The van der Waals surface area contributed by atoms with Gasteiger partial charge in [0.2, 0.25) is 0 Å². The van der Waals surface area contributed by atoms with Gasteiger partial charge in [0.25, 0.3) is 5.91 Å². The van der Waals surface area contributed by atoms with Gasteiger partial charge in [-0.3, -0.25) is 4.79 Å². The number of nitrogens with zero attached hydrogens (tertiary/aromatic N) is 2. The summed E-state index contributed by atoms with van der Waals surface area (Å²) in [5.74, 6) is 0.158. The summed E-state index contributed by atoms with van der Waals surface area (Å²) in [4.78, 5) is 11.0. The third-order valence-electron chi connectivity index (χ3n) is 1.60. The molecule has 0 aliphatic carbocycles. The Morgan fingerprint density at radius 2 is 2.42 bits per heavy atom. The summed E-state index contributed by atoms with van der Waals surface area (Å²) in [5.41, 5.74) is 0.921. The Bertz CT molecular complexity index is 299. The second-order valence-electron chi connectivity index (χ2n) is 2.88. The van der Waals surface area contributed by atoms with E-state index in [1.54, 1.807) is 6.20 Å². The quantitative estimate of drug-likeness (QED) is 0.625. The maximum absolute atomic E-state index is 11.0. The van der Waals surface area contributed by atoms with Crippen LogP contribution in [0.5, 0.6) is 0 Å². The molecule has 0 aliphatic rings. The van der Waals surface area contributed by atoms with Crippen LogP contribution < -0.4 is 0 Å². The maximum atomic E-state index is 11.0. The van der Waals surface area contributed by atoms with Crippen molar-refractivity contribution in [2.24, 2.45) is 0 Å². The summed E-state index contributed by atoms with van der Waals surface area (Å²) in [5, 5.41) is 4.08. The highest BCUT2D eigenvalue weighted by Crippen LogP contribution is 2.09. The van der Waals surface area contributed by atoms with Crippen molar-refractivity contribution in [1.29, 1.82) is 0 Å². The summed E-state index contributed by atoms with van der Waals surface area (Å²) >= 11 is 0. The van der Waals surface area contributed by atoms with Gasteiger partial charge in [0.15, 0.2) is 0 Å². The first-order valence-corrected chi connectivity index (χ1v) is 3.87.